The van der Waals surface area contributed by atoms with Gasteiger partial charge in [-0.2, -0.15) is 0 Å². The van der Waals surface area contributed by atoms with E-state index in [1.54, 1.807) is 0 Å². The predicted octanol–water partition coefficient (Wildman–Crippen LogP) is 3.07. The van der Waals surface area contributed by atoms with Crippen LogP contribution in [0.3, 0.4) is 0 Å². The van der Waals surface area contributed by atoms with Gasteiger partial charge < -0.3 is 5.32 Å². The second kappa shape index (κ2) is 7.05. The largest absolute Gasteiger partial charge is 0.312 e. The van der Waals surface area contributed by atoms with E-state index >= 15 is 0 Å². The maximum atomic E-state index is 3.77. The fourth-order valence-electron chi connectivity index (χ4n) is 3.51. The van der Waals surface area contributed by atoms with E-state index in [0.717, 1.165) is 0 Å². The highest BCUT2D eigenvalue weighted by atomic mass is 15.5. The highest BCUT2D eigenvalue weighted by Crippen LogP contribution is 2.23. The molecule has 0 radical (unpaired) electrons. The van der Waals surface area contributed by atoms with Crippen LogP contribution >= 0.6 is 0 Å². The Morgan fingerprint density at radius 3 is 2.37 bits per heavy atom. The van der Waals surface area contributed by atoms with Crippen molar-refractivity contribution in [3.05, 3.63) is 0 Å². The van der Waals surface area contributed by atoms with Gasteiger partial charge in [-0.05, 0) is 53.0 Å². The lowest BCUT2D eigenvalue weighted by atomic mass is 9.91. The summed E-state index contributed by atoms with van der Waals surface area (Å²) in [5.41, 5.74) is 3.94. The maximum absolute atomic E-state index is 3.77. The van der Waals surface area contributed by atoms with Gasteiger partial charge in [0.05, 0.1) is 0 Å². The molecule has 0 aromatic rings. The molecule has 0 aromatic carbocycles. The Balaban J connectivity index is 2.02. The first-order chi connectivity index (χ1) is 9.06. The van der Waals surface area contributed by atoms with Crippen molar-refractivity contribution in [3.63, 3.8) is 0 Å². The molecule has 2 atom stereocenters. The number of nitrogens with one attached hydrogen (secondary N) is 2. The van der Waals surface area contributed by atoms with Crippen molar-refractivity contribution >= 4 is 0 Å². The van der Waals surface area contributed by atoms with Gasteiger partial charge in [0.25, 0.3) is 0 Å². The second-order valence-corrected chi connectivity index (χ2v) is 7.38. The zero-order chi connectivity index (χ0) is 13.7. The van der Waals surface area contributed by atoms with Gasteiger partial charge in [0, 0.05) is 24.2 Å². The average Bonchev–Trinajstić information content (AvgIpc) is 2.33. The first-order valence-electron chi connectivity index (χ1n) is 8.34. The minimum absolute atomic E-state index is 0.173. The molecule has 2 aliphatic heterocycles. The highest BCUT2D eigenvalue weighted by Gasteiger charge is 2.30. The molecule has 0 bridgehead atoms. The molecule has 0 aliphatic carbocycles. The summed E-state index contributed by atoms with van der Waals surface area (Å²) in [5.74, 6) is 0. The molecule has 0 saturated carbocycles. The zero-order valence-electron chi connectivity index (χ0n) is 13.2. The first-order valence-corrected chi connectivity index (χ1v) is 8.34. The summed E-state index contributed by atoms with van der Waals surface area (Å²) < 4.78 is 0. The Hall–Kier alpha value is -0.120. The summed E-state index contributed by atoms with van der Waals surface area (Å²) >= 11 is 0. The van der Waals surface area contributed by atoms with Crippen LogP contribution in [0.15, 0.2) is 0 Å². The standard InChI is InChI=1S/C16H33N3/c1-16(2,3)18-19-13-9-5-4-6-11-15(19)14-10-7-8-12-17-14/h14-15,17-18H,4-13H2,1-3H3. The molecule has 112 valence electrons. The average molecular weight is 267 g/mol. The number of hydrogen-bond donors (Lipinski definition) is 2. The van der Waals surface area contributed by atoms with Gasteiger partial charge in [-0.1, -0.05) is 25.7 Å². The van der Waals surface area contributed by atoms with Gasteiger partial charge in [-0.15, -0.1) is 0 Å². The van der Waals surface area contributed by atoms with E-state index in [9.17, 15) is 0 Å². The summed E-state index contributed by atoms with van der Waals surface area (Å²) in [6.07, 6.45) is 11.0. The third-order valence-electron chi connectivity index (χ3n) is 4.34. The summed E-state index contributed by atoms with van der Waals surface area (Å²) in [5, 5.41) is 6.34. The van der Waals surface area contributed by atoms with Crippen molar-refractivity contribution in [2.45, 2.75) is 89.8 Å². The molecule has 0 amide bonds. The molecular formula is C16H33N3. The fourth-order valence-corrected chi connectivity index (χ4v) is 3.51. The first kappa shape index (κ1) is 15.3. The summed E-state index contributed by atoms with van der Waals surface area (Å²) in [6.45, 7) is 9.25. The molecule has 2 N–H and O–H groups in total. The van der Waals surface area contributed by atoms with Gasteiger partial charge in [0.1, 0.15) is 0 Å². The van der Waals surface area contributed by atoms with E-state index in [-0.39, 0.29) is 5.54 Å². The number of nitrogens with zero attached hydrogens (tertiary/aromatic N) is 1. The van der Waals surface area contributed by atoms with Crippen LogP contribution in [0, 0.1) is 0 Å². The van der Waals surface area contributed by atoms with Gasteiger partial charge in [-0.25, -0.2) is 10.4 Å². The normalized spacial score (nSPS) is 31.7. The van der Waals surface area contributed by atoms with Crippen LogP contribution < -0.4 is 10.7 Å². The van der Waals surface area contributed by atoms with Crippen LogP contribution in [0.1, 0.15) is 72.1 Å². The molecule has 3 nitrogen and oxygen atoms in total. The number of piperidine rings is 1. The van der Waals surface area contributed by atoms with Crippen LogP contribution in [0.5, 0.6) is 0 Å². The van der Waals surface area contributed by atoms with Crippen molar-refractivity contribution in [2.75, 3.05) is 13.1 Å². The molecule has 0 spiro atoms. The summed E-state index contributed by atoms with van der Waals surface area (Å²) in [6, 6.07) is 1.38. The second-order valence-electron chi connectivity index (χ2n) is 7.38. The number of hydrazine groups is 1. The molecule has 2 aliphatic rings. The van der Waals surface area contributed by atoms with Crippen molar-refractivity contribution in [2.24, 2.45) is 0 Å². The van der Waals surface area contributed by atoms with E-state index in [1.165, 1.54) is 64.5 Å². The van der Waals surface area contributed by atoms with Gasteiger partial charge in [0.2, 0.25) is 0 Å². The van der Waals surface area contributed by atoms with Crippen LogP contribution in [0.2, 0.25) is 0 Å². The SMILES string of the molecule is CC(C)(C)NN1CCCCCCC1C1CCCCN1. The number of rotatable bonds is 2. The molecule has 2 saturated heterocycles. The lowest BCUT2D eigenvalue weighted by Gasteiger charge is -2.43. The van der Waals surface area contributed by atoms with Crippen LogP contribution in [0.4, 0.5) is 0 Å². The smallest absolute Gasteiger partial charge is 0.0397 e. The fraction of sp³-hybridized carbons (Fsp3) is 1.00. The van der Waals surface area contributed by atoms with Crippen molar-refractivity contribution in [1.82, 2.24) is 15.8 Å². The van der Waals surface area contributed by atoms with E-state index in [0.29, 0.717) is 12.1 Å². The Bertz CT molecular complexity index is 253. The van der Waals surface area contributed by atoms with Crippen molar-refractivity contribution < 1.29 is 0 Å². The third-order valence-corrected chi connectivity index (χ3v) is 4.34. The van der Waals surface area contributed by atoms with E-state index in [1.807, 2.05) is 0 Å². The molecule has 2 unspecified atom stereocenters. The zero-order valence-corrected chi connectivity index (χ0v) is 13.2. The van der Waals surface area contributed by atoms with Crippen molar-refractivity contribution in [1.29, 1.82) is 0 Å². The highest BCUT2D eigenvalue weighted by molar-refractivity contribution is 4.88. The molecular weight excluding hydrogens is 234 g/mol. The topological polar surface area (TPSA) is 27.3 Å². The molecule has 3 heteroatoms. The summed E-state index contributed by atoms with van der Waals surface area (Å²) in [4.78, 5) is 0. The van der Waals surface area contributed by atoms with Gasteiger partial charge in [-0.3, -0.25) is 0 Å². The van der Waals surface area contributed by atoms with E-state index < -0.39 is 0 Å². The monoisotopic (exact) mass is 267 g/mol. The van der Waals surface area contributed by atoms with Crippen LogP contribution in [0.25, 0.3) is 0 Å². The third kappa shape index (κ3) is 5.05. The molecule has 19 heavy (non-hydrogen) atoms. The van der Waals surface area contributed by atoms with E-state index in [4.69, 9.17) is 0 Å². The number of hydrogen-bond acceptors (Lipinski definition) is 3. The Labute approximate surface area is 119 Å². The lowest BCUT2D eigenvalue weighted by Crippen LogP contribution is -2.60. The predicted molar refractivity (Wildman–Crippen MR) is 82.1 cm³/mol. The lowest BCUT2D eigenvalue weighted by molar-refractivity contribution is 0.0366. The molecule has 0 aromatic heterocycles. The molecule has 2 fully saturated rings. The molecule has 2 rings (SSSR count). The Morgan fingerprint density at radius 2 is 1.68 bits per heavy atom. The van der Waals surface area contributed by atoms with Gasteiger partial charge in [0.15, 0.2) is 0 Å². The molecule has 2 heterocycles. The minimum atomic E-state index is 0.173. The maximum Gasteiger partial charge on any atom is 0.0397 e. The van der Waals surface area contributed by atoms with Gasteiger partial charge >= 0.3 is 0 Å². The Kier molecular flexibility index (Phi) is 5.67. The van der Waals surface area contributed by atoms with Crippen molar-refractivity contribution in [3.8, 4) is 0 Å². The summed E-state index contributed by atoms with van der Waals surface area (Å²) in [7, 11) is 0. The quantitative estimate of drug-likeness (QED) is 0.805. The van der Waals surface area contributed by atoms with Crippen LogP contribution in [-0.4, -0.2) is 35.7 Å². The van der Waals surface area contributed by atoms with E-state index in [2.05, 4.69) is 36.5 Å². The van der Waals surface area contributed by atoms with Crippen LogP contribution in [-0.2, 0) is 0 Å². The Morgan fingerprint density at radius 1 is 0.947 bits per heavy atom. The minimum Gasteiger partial charge on any atom is -0.312 e.